The molecule has 2 heterocycles. The van der Waals surface area contributed by atoms with Crippen LogP contribution < -0.4 is 19.4 Å². The third kappa shape index (κ3) is 3.23. The number of benzene rings is 2. The molecule has 27 heavy (non-hydrogen) atoms. The van der Waals surface area contributed by atoms with Gasteiger partial charge in [0.15, 0.2) is 6.61 Å². The van der Waals surface area contributed by atoms with Gasteiger partial charge in [-0.1, -0.05) is 24.3 Å². The maximum Gasteiger partial charge on any atom is 0.265 e. The Morgan fingerprint density at radius 3 is 2.48 bits per heavy atom. The second-order valence-electron chi connectivity index (χ2n) is 6.67. The van der Waals surface area contributed by atoms with Gasteiger partial charge in [-0.3, -0.25) is 9.59 Å². The monoisotopic (exact) mass is 365 g/mol. The Labute approximate surface area is 158 Å². The summed E-state index contributed by atoms with van der Waals surface area (Å²) in [5, 5.41) is 0. The number of fused-ring (bicyclic) bond motifs is 2. The van der Waals surface area contributed by atoms with Gasteiger partial charge in [0.1, 0.15) is 5.75 Å². The molecule has 0 radical (unpaired) electrons. The fourth-order valence-electron chi connectivity index (χ4n) is 3.75. The van der Waals surface area contributed by atoms with E-state index in [2.05, 4.69) is 17.9 Å². The number of rotatable bonds is 4. The lowest BCUT2D eigenvalue weighted by atomic mass is 10.1. The average Bonchev–Trinajstić information content (AvgIpc) is 2.72. The molecule has 4 rings (SSSR count). The Hall–Kier alpha value is -3.02. The van der Waals surface area contributed by atoms with Crippen LogP contribution in [0.5, 0.6) is 5.75 Å². The second kappa shape index (κ2) is 7.31. The number of carbonyl (C=O) groups is 2. The third-order valence-corrected chi connectivity index (χ3v) is 5.15. The van der Waals surface area contributed by atoms with Crippen LogP contribution in [-0.2, 0) is 9.59 Å². The molecule has 0 bridgehead atoms. The van der Waals surface area contributed by atoms with Crippen molar-refractivity contribution in [3.05, 3.63) is 48.5 Å². The maximum atomic E-state index is 13.0. The summed E-state index contributed by atoms with van der Waals surface area (Å²) in [6.07, 6.45) is 0.278. The molecule has 0 aromatic heterocycles. The number of hydrogen-bond acceptors (Lipinski definition) is 4. The maximum absolute atomic E-state index is 13.0. The first-order valence-corrected chi connectivity index (χ1v) is 9.35. The number of amides is 2. The van der Waals surface area contributed by atoms with Gasteiger partial charge in [-0.25, -0.2) is 0 Å². The first-order valence-electron chi connectivity index (χ1n) is 9.35. The first kappa shape index (κ1) is 17.4. The summed E-state index contributed by atoms with van der Waals surface area (Å²) < 4.78 is 5.47. The highest BCUT2D eigenvalue weighted by atomic mass is 16.5. The van der Waals surface area contributed by atoms with Crippen LogP contribution in [0.25, 0.3) is 0 Å². The first-order chi connectivity index (χ1) is 13.2. The van der Waals surface area contributed by atoms with Crippen molar-refractivity contribution in [2.45, 2.75) is 13.3 Å². The third-order valence-electron chi connectivity index (χ3n) is 5.15. The fourth-order valence-corrected chi connectivity index (χ4v) is 3.75. The van der Waals surface area contributed by atoms with Crippen molar-refractivity contribution in [3.8, 4) is 5.75 Å². The molecule has 0 spiro atoms. The van der Waals surface area contributed by atoms with Gasteiger partial charge in [0.2, 0.25) is 5.91 Å². The SMILES string of the molecule is CCN1CCN(C(=O)CCN2C(=O)COc3ccccc32)c2ccccc21. The van der Waals surface area contributed by atoms with Gasteiger partial charge in [0.05, 0.1) is 17.1 Å². The molecule has 0 unspecified atom stereocenters. The van der Waals surface area contributed by atoms with Gasteiger partial charge < -0.3 is 19.4 Å². The summed E-state index contributed by atoms with van der Waals surface area (Å²) in [5.41, 5.74) is 2.77. The predicted octanol–water partition coefficient (Wildman–Crippen LogP) is 2.68. The molecular formula is C21H23N3O3. The summed E-state index contributed by atoms with van der Waals surface area (Å²) in [7, 11) is 0. The summed E-state index contributed by atoms with van der Waals surface area (Å²) in [4.78, 5) is 31.0. The van der Waals surface area contributed by atoms with Gasteiger partial charge >= 0.3 is 0 Å². The molecule has 140 valence electrons. The van der Waals surface area contributed by atoms with Crippen molar-refractivity contribution >= 4 is 28.9 Å². The van der Waals surface area contributed by atoms with E-state index in [1.807, 2.05) is 47.4 Å². The van der Waals surface area contributed by atoms with Crippen molar-refractivity contribution in [3.63, 3.8) is 0 Å². The molecule has 2 aliphatic rings. The van der Waals surface area contributed by atoms with Gasteiger partial charge in [-0.15, -0.1) is 0 Å². The van der Waals surface area contributed by atoms with Crippen molar-refractivity contribution in [2.24, 2.45) is 0 Å². The van der Waals surface area contributed by atoms with Crippen LogP contribution in [0.4, 0.5) is 17.1 Å². The predicted molar refractivity (Wildman–Crippen MR) is 106 cm³/mol. The van der Waals surface area contributed by atoms with Crippen molar-refractivity contribution in [1.29, 1.82) is 0 Å². The van der Waals surface area contributed by atoms with Gasteiger partial charge in [0.25, 0.3) is 5.91 Å². The summed E-state index contributed by atoms with van der Waals surface area (Å²) >= 11 is 0. The van der Waals surface area contributed by atoms with Gasteiger partial charge in [-0.2, -0.15) is 0 Å². The summed E-state index contributed by atoms with van der Waals surface area (Å²) in [5.74, 6) is 0.610. The molecule has 6 nitrogen and oxygen atoms in total. The molecule has 0 saturated heterocycles. The number of likely N-dealkylation sites (N-methyl/N-ethyl adjacent to an activating group) is 1. The number of hydrogen-bond donors (Lipinski definition) is 0. The van der Waals surface area contributed by atoms with Crippen LogP contribution in [0, 0.1) is 0 Å². The number of nitrogens with zero attached hydrogens (tertiary/aromatic N) is 3. The van der Waals surface area contributed by atoms with Crippen LogP contribution in [0.3, 0.4) is 0 Å². The largest absolute Gasteiger partial charge is 0.482 e. The fraction of sp³-hybridized carbons (Fsp3) is 0.333. The van der Waals surface area contributed by atoms with E-state index in [1.54, 1.807) is 4.90 Å². The van der Waals surface area contributed by atoms with E-state index in [-0.39, 0.29) is 24.8 Å². The highest BCUT2D eigenvalue weighted by Gasteiger charge is 2.29. The lowest BCUT2D eigenvalue weighted by molar-refractivity contribution is -0.121. The van der Waals surface area contributed by atoms with Crippen molar-refractivity contribution in [2.75, 3.05) is 47.5 Å². The Kier molecular flexibility index (Phi) is 4.71. The number of carbonyl (C=O) groups excluding carboxylic acids is 2. The van der Waals surface area contributed by atoms with Crippen LogP contribution in [-0.4, -0.2) is 44.6 Å². The standard InChI is InChI=1S/C21H23N3O3/c1-2-22-13-14-24(17-8-4-3-7-16(17)22)20(25)11-12-23-18-9-5-6-10-19(18)27-15-21(23)26/h3-10H,2,11-15H2,1H3. The molecule has 0 aliphatic carbocycles. The smallest absolute Gasteiger partial charge is 0.265 e. The topological polar surface area (TPSA) is 53.1 Å². The zero-order chi connectivity index (χ0) is 18.8. The normalized spacial score (nSPS) is 15.9. The Balaban J connectivity index is 1.50. The van der Waals surface area contributed by atoms with Gasteiger partial charge in [-0.05, 0) is 31.2 Å². The van der Waals surface area contributed by atoms with Crippen LogP contribution in [0.1, 0.15) is 13.3 Å². The molecule has 2 aromatic carbocycles. The van der Waals surface area contributed by atoms with Crippen LogP contribution in [0.2, 0.25) is 0 Å². The Morgan fingerprint density at radius 1 is 1.00 bits per heavy atom. The van der Waals surface area contributed by atoms with Gasteiger partial charge in [0, 0.05) is 32.6 Å². The van der Waals surface area contributed by atoms with Crippen molar-refractivity contribution < 1.29 is 14.3 Å². The van der Waals surface area contributed by atoms with E-state index in [0.29, 0.717) is 18.8 Å². The highest BCUT2D eigenvalue weighted by molar-refractivity contribution is 6.01. The molecule has 6 heteroatoms. The number of ether oxygens (including phenoxy) is 1. The zero-order valence-electron chi connectivity index (χ0n) is 15.4. The van der Waals surface area contributed by atoms with E-state index in [1.165, 1.54) is 0 Å². The lowest BCUT2D eigenvalue weighted by Gasteiger charge is -2.37. The lowest BCUT2D eigenvalue weighted by Crippen LogP contribution is -2.46. The molecule has 2 aliphatic heterocycles. The van der Waals surface area contributed by atoms with Crippen LogP contribution >= 0.6 is 0 Å². The molecule has 0 atom stereocenters. The Morgan fingerprint density at radius 2 is 1.70 bits per heavy atom. The minimum Gasteiger partial charge on any atom is -0.482 e. The zero-order valence-corrected chi connectivity index (χ0v) is 15.4. The quantitative estimate of drug-likeness (QED) is 0.836. The van der Waals surface area contributed by atoms with E-state index < -0.39 is 0 Å². The molecule has 0 fully saturated rings. The summed E-state index contributed by atoms with van der Waals surface area (Å²) in [6.45, 7) is 4.89. The van der Waals surface area contributed by atoms with E-state index >= 15 is 0 Å². The summed E-state index contributed by atoms with van der Waals surface area (Å²) in [6, 6.07) is 15.4. The van der Waals surface area contributed by atoms with E-state index in [9.17, 15) is 9.59 Å². The second-order valence-corrected chi connectivity index (χ2v) is 6.67. The van der Waals surface area contributed by atoms with Crippen LogP contribution in [0.15, 0.2) is 48.5 Å². The highest BCUT2D eigenvalue weighted by Crippen LogP contribution is 2.34. The number of para-hydroxylation sites is 4. The molecule has 0 saturated carbocycles. The molecule has 2 amide bonds. The molecule has 2 aromatic rings. The minimum atomic E-state index is -0.113. The van der Waals surface area contributed by atoms with E-state index in [4.69, 9.17) is 4.74 Å². The minimum absolute atomic E-state index is 0.0171. The molecule has 0 N–H and O–H groups in total. The molecular weight excluding hydrogens is 342 g/mol. The average molecular weight is 365 g/mol. The Bertz CT molecular complexity index is 867. The number of anilines is 3. The van der Waals surface area contributed by atoms with E-state index in [0.717, 1.165) is 30.2 Å². The van der Waals surface area contributed by atoms with Crippen molar-refractivity contribution in [1.82, 2.24) is 0 Å².